The van der Waals surface area contributed by atoms with Crippen molar-refractivity contribution >= 4 is 0 Å². The summed E-state index contributed by atoms with van der Waals surface area (Å²) in [5, 5.41) is 21.8. The van der Waals surface area contributed by atoms with E-state index in [1.54, 1.807) is 12.1 Å². The van der Waals surface area contributed by atoms with Gasteiger partial charge >= 0.3 is 0 Å². The summed E-state index contributed by atoms with van der Waals surface area (Å²) in [6, 6.07) is 5.26. The van der Waals surface area contributed by atoms with E-state index in [1.807, 2.05) is 19.9 Å². The second-order valence-corrected chi connectivity index (χ2v) is 4.93. The minimum Gasteiger partial charge on any atom is -0.504 e. The van der Waals surface area contributed by atoms with Crippen LogP contribution in [0.4, 0.5) is 0 Å². The van der Waals surface area contributed by atoms with Crippen molar-refractivity contribution in [1.82, 2.24) is 5.32 Å². The third-order valence-electron chi connectivity index (χ3n) is 2.60. The molecule has 0 saturated heterocycles. The Kier molecular flexibility index (Phi) is 4.78. The van der Waals surface area contributed by atoms with Gasteiger partial charge in [-0.15, -0.1) is 0 Å². The summed E-state index contributed by atoms with van der Waals surface area (Å²) < 4.78 is 5.04. The predicted octanol–water partition coefficient (Wildman–Crippen LogP) is 1.51. The quantitative estimate of drug-likeness (QED) is 0.704. The first-order valence-corrected chi connectivity index (χ1v) is 5.66. The summed E-state index contributed by atoms with van der Waals surface area (Å²) in [6.07, 6.45) is 0. The molecule has 0 fully saturated rings. The maximum absolute atomic E-state index is 9.45. The SMILES string of the molecule is COc1cc(CNCC(C)(C)CO)ccc1O. The highest BCUT2D eigenvalue weighted by molar-refractivity contribution is 5.41. The number of phenols is 1. The van der Waals surface area contributed by atoms with E-state index in [4.69, 9.17) is 9.84 Å². The van der Waals surface area contributed by atoms with Crippen LogP contribution >= 0.6 is 0 Å². The first kappa shape index (κ1) is 13.8. The first-order valence-electron chi connectivity index (χ1n) is 5.66. The number of aliphatic hydroxyl groups excluding tert-OH is 1. The molecule has 3 N–H and O–H groups in total. The topological polar surface area (TPSA) is 61.7 Å². The molecule has 0 atom stereocenters. The molecule has 0 bridgehead atoms. The monoisotopic (exact) mass is 239 g/mol. The van der Waals surface area contributed by atoms with Crippen LogP contribution in [0.3, 0.4) is 0 Å². The Hall–Kier alpha value is -1.26. The average molecular weight is 239 g/mol. The van der Waals surface area contributed by atoms with Crippen LogP contribution in [-0.2, 0) is 6.54 Å². The third kappa shape index (κ3) is 4.24. The molecule has 0 heterocycles. The molecular formula is C13H21NO3. The maximum Gasteiger partial charge on any atom is 0.160 e. The Morgan fingerprint density at radius 2 is 2.06 bits per heavy atom. The number of hydrogen-bond acceptors (Lipinski definition) is 4. The molecule has 0 aromatic heterocycles. The number of nitrogens with one attached hydrogen (secondary N) is 1. The largest absolute Gasteiger partial charge is 0.504 e. The molecule has 0 aliphatic rings. The molecule has 0 aliphatic carbocycles. The highest BCUT2D eigenvalue weighted by Gasteiger charge is 2.15. The molecule has 17 heavy (non-hydrogen) atoms. The number of ether oxygens (including phenoxy) is 1. The van der Waals surface area contributed by atoms with Crippen LogP contribution in [0, 0.1) is 5.41 Å². The van der Waals surface area contributed by atoms with Gasteiger partial charge in [-0.1, -0.05) is 19.9 Å². The van der Waals surface area contributed by atoms with E-state index in [0.29, 0.717) is 12.3 Å². The van der Waals surface area contributed by atoms with Crippen molar-refractivity contribution in [2.75, 3.05) is 20.3 Å². The van der Waals surface area contributed by atoms with Gasteiger partial charge in [-0.05, 0) is 17.7 Å². The van der Waals surface area contributed by atoms with Gasteiger partial charge in [-0.3, -0.25) is 0 Å². The van der Waals surface area contributed by atoms with Gasteiger partial charge in [0.15, 0.2) is 11.5 Å². The van der Waals surface area contributed by atoms with E-state index < -0.39 is 0 Å². The van der Waals surface area contributed by atoms with E-state index >= 15 is 0 Å². The summed E-state index contributed by atoms with van der Waals surface area (Å²) >= 11 is 0. The van der Waals surface area contributed by atoms with Gasteiger partial charge < -0.3 is 20.3 Å². The third-order valence-corrected chi connectivity index (χ3v) is 2.60. The number of benzene rings is 1. The lowest BCUT2D eigenvalue weighted by Gasteiger charge is -2.22. The minimum absolute atomic E-state index is 0.124. The van der Waals surface area contributed by atoms with Gasteiger partial charge in [-0.2, -0.15) is 0 Å². The molecule has 0 unspecified atom stereocenters. The molecule has 0 spiro atoms. The van der Waals surface area contributed by atoms with Crippen LogP contribution in [0.25, 0.3) is 0 Å². The average Bonchev–Trinajstić information content (AvgIpc) is 2.31. The Labute approximate surface area is 102 Å². The Bertz CT molecular complexity index is 364. The van der Waals surface area contributed by atoms with Crippen molar-refractivity contribution in [1.29, 1.82) is 0 Å². The zero-order valence-corrected chi connectivity index (χ0v) is 10.7. The predicted molar refractivity (Wildman–Crippen MR) is 67.2 cm³/mol. The lowest BCUT2D eigenvalue weighted by molar-refractivity contribution is 0.156. The Balaban J connectivity index is 2.53. The standard InChI is InChI=1S/C13H21NO3/c1-13(2,9-15)8-14-7-10-4-5-11(16)12(6-10)17-3/h4-6,14-16H,7-9H2,1-3H3. The van der Waals surface area contributed by atoms with Gasteiger partial charge in [0.2, 0.25) is 0 Å². The van der Waals surface area contributed by atoms with Gasteiger partial charge in [0.25, 0.3) is 0 Å². The van der Waals surface area contributed by atoms with Crippen LogP contribution in [0.15, 0.2) is 18.2 Å². The number of methoxy groups -OCH3 is 1. The highest BCUT2D eigenvalue weighted by atomic mass is 16.5. The molecular weight excluding hydrogens is 218 g/mol. The molecule has 1 aromatic carbocycles. The smallest absolute Gasteiger partial charge is 0.160 e. The van der Waals surface area contributed by atoms with Crippen LogP contribution in [-0.4, -0.2) is 30.5 Å². The van der Waals surface area contributed by atoms with Crippen LogP contribution < -0.4 is 10.1 Å². The summed E-state index contributed by atoms with van der Waals surface area (Å²) in [5.74, 6) is 0.623. The molecule has 96 valence electrons. The fraction of sp³-hybridized carbons (Fsp3) is 0.538. The Morgan fingerprint density at radius 1 is 1.35 bits per heavy atom. The van der Waals surface area contributed by atoms with E-state index in [2.05, 4.69) is 5.32 Å². The fourth-order valence-electron chi connectivity index (χ4n) is 1.43. The lowest BCUT2D eigenvalue weighted by atomic mass is 9.95. The lowest BCUT2D eigenvalue weighted by Crippen LogP contribution is -2.31. The van der Waals surface area contributed by atoms with Crippen molar-refractivity contribution in [3.05, 3.63) is 23.8 Å². The fourth-order valence-corrected chi connectivity index (χ4v) is 1.43. The first-order chi connectivity index (χ1) is 7.98. The highest BCUT2D eigenvalue weighted by Crippen LogP contribution is 2.26. The van der Waals surface area contributed by atoms with Gasteiger partial charge in [0.05, 0.1) is 7.11 Å². The second kappa shape index (κ2) is 5.89. The van der Waals surface area contributed by atoms with Crippen molar-refractivity contribution < 1.29 is 14.9 Å². The summed E-state index contributed by atoms with van der Waals surface area (Å²) in [6.45, 7) is 5.56. The summed E-state index contributed by atoms with van der Waals surface area (Å²) in [7, 11) is 1.53. The van der Waals surface area contributed by atoms with E-state index in [9.17, 15) is 5.11 Å². The van der Waals surface area contributed by atoms with E-state index in [0.717, 1.165) is 12.1 Å². The number of rotatable bonds is 6. The molecule has 0 radical (unpaired) electrons. The molecule has 4 heteroatoms. The zero-order chi connectivity index (χ0) is 12.9. The van der Waals surface area contributed by atoms with Crippen molar-refractivity contribution in [3.63, 3.8) is 0 Å². The van der Waals surface area contributed by atoms with Crippen LogP contribution in [0.2, 0.25) is 0 Å². The van der Waals surface area contributed by atoms with Gasteiger partial charge in [0, 0.05) is 25.1 Å². The van der Waals surface area contributed by atoms with Crippen LogP contribution in [0.5, 0.6) is 11.5 Å². The second-order valence-electron chi connectivity index (χ2n) is 4.93. The molecule has 1 rings (SSSR count). The van der Waals surface area contributed by atoms with Crippen molar-refractivity contribution in [2.24, 2.45) is 5.41 Å². The zero-order valence-electron chi connectivity index (χ0n) is 10.7. The minimum atomic E-state index is -0.124. The Morgan fingerprint density at radius 3 is 2.65 bits per heavy atom. The van der Waals surface area contributed by atoms with Crippen LogP contribution in [0.1, 0.15) is 19.4 Å². The number of aromatic hydroxyl groups is 1. The summed E-state index contributed by atoms with van der Waals surface area (Å²) in [4.78, 5) is 0. The van der Waals surface area contributed by atoms with Crippen molar-refractivity contribution in [3.8, 4) is 11.5 Å². The number of phenolic OH excluding ortho intramolecular Hbond substituents is 1. The summed E-state index contributed by atoms with van der Waals surface area (Å²) in [5.41, 5.74) is 0.912. The molecule has 0 aliphatic heterocycles. The van der Waals surface area contributed by atoms with Gasteiger partial charge in [-0.25, -0.2) is 0 Å². The molecule has 0 saturated carbocycles. The van der Waals surface area contributed by atoms with Gasteiger partial charge in [0.1, 0.15) is 0 Å². The normalized spacial score (nSPS) is 11.5. The van der Waals surface area contributed by atoms with E-state index in [1.165, 1.54) is 7.11 Å². The maximum atomic E-state index is 9.45. The molecule has 4 nitrogen and oxygen atoms in total. The molecule has 0 amide bonds. The molecule has 1 aromatic rings. The number of aliphatic hydroxyl groups is 1. The van der Waals surface area contributed by atoms with Crippen molar-refractivity contribution in [2.45, 2.75) is 20.4 Å². The number of hydrogen-bond donors (Lipinski definition) is 3. The van der Waals surface area contributed by atoms with E-state index in [-0.39, 0.29) is 17.8 Å².